The van der Waals surface area contributed by atoms with Crippen LogP contribution in [0.2, 0.25) is 10.0 Å². The Hall–Kier alpha value is -3.00. The van der Waals surface area contributed by atoms with Crippen molar-refractivity contribution in [2.45, 2.75) is 13.2 Å². The predicted molar refractivity (Wildman–Crippen MR) is 113 cm³/mol. The van der Waals surface area contributed by atoms with Crippen LogP contribution in [0.1, 0.15) is 22.3 Å². The van der Waals surface area contributed by atoms with Crippen LogP contribution in [0.15, 0.2) is 71.8 Å². The second-order valence-corrected chi connectivity index (χ2v) is 6.77. The Morgan fingerprint density at radius 2 is 1.64 bits per heavy atom. The quantitative estimate of drug-likeness (QED) is 0.409. The van der Waals surface area contributed by atoms with E-state index >= 15 is 0 Å². The van der Waals surface area contributed by atoms with E-state index in [0.29, 0.717) is 28.8 Å². The van der Waals surface area contributed by atoms with Gasteiger partial charge in [-0.3, -0.25) is 0 Å². The Balaban J connectivity index is 1.49. The molecule has 3 rings (SSSR count). The molecule has 0 fully saturated rings. The lowest BCUT2D eigenvalue weighted by atomic mass is 10.1. The van der Waals surface area contributed by atoms with Crippen molar-refractivity contribution >= 4 is 29.4 Å². The van der Waals surface area contributed by atoms with Gasteiger partial charge in [0.2, 0.25) is 0 Å². The number of ether oxygens (including phenoxy) is 1. The van der Waals surface area contributed by atoms with Gasteiger partial charge in [-0.2, -0.15) is 10.4 Å². The van der Waals surface area contributed by atoms with Gasteiger partial charge in [-0.05, 0) is 59.7 Å². The first-order chi connectivity index (χ1) is 13.7. The van der Waals surface area contributed by atoms with Crippen molar-refractivity contribution in [2.75, 3.05) is 0 Å². The minimum absolute atomic E-state index is 0.444. The molecule has 0 aliphatic heterocycles. The number of halogens is 2. The summed E-state index contributed by atoms with van der Waals surface area (Å²) < 4.78 is 5.76. The highest BCUT2D eigenvalue weighted by Gasteiger charge is 2.03. The molecule has 0 atom stereocenters. The van der Waals surface area contributed by atoms with Gasteiger partial charge in [0, 0.05) is 15.6 Å². The fraction of sp³-hybridized carbons (Fsp3) is 0.0909. The van der Waals surface area contributed by atoms with E-state index in [1.807, 2.05) is 42.5 Å². The number of hydrazone groups is 1. The van der Waals surface area contributed by atoms with Gasteiger partial charge < -0.3 is 10.2 Å². The maximum Gasteiger partial charge on any atom is 0.119 e. The molecular formula is C22H17Cl2N3O. The van der Waals surface area contributed by atoms with Gasteiger partial charge in [0.15, 0.2) is 0 Å². The summed E-state index contributed by atoms with van der Waals surface area (Å²) in [6.45, 7) is 0.889. The number of nitrogens with zero attached hydrogens (tertiary/aromatic N) is 2. The van der Waals surface area contributed by atoms with E-state index in [0.717, 1.165) is 22.4 Å². The van der Waals surface area contributed by atoms with Crippen molar-refractivity contribution in [2.24, 2.45) is 5.10 Å². The highest BCUT2D eigenvalue weighted by molar-refractivity contribution is 6.35. The van der Waals surface area contributed by atoms with E-state index in [4.69, 9.17) is 33.2 Å². The first-order valence-electron chi connectivity index (χ1n) is 8.56. The molecule has 0 aliphatic rings. The van der Waals surface area contributed by atoms with E-state index in [1.165, 1.54) is 0 Å². The Morgan fingerprint density at radius 3 is 2.29 bits per heavy atom. The minimum Gasteiger partial charge on any atom is -0.489 e. The second kappa shape index (κ2) is 9.80. The van der Waals surface area contributed by atoms with Crippen molar-refractivity contribution in [1.82, 2.24) is 5.43 Å². The van der Waals surface area contributed by atoms with Crippen LogP contribution in [0.5, 0.6) is 5.75 Å². The fourth-order valence-corrected chi connectivity index (χ4v) is 2.97. The van der Waals surface area contributed by atoms with E-state index < -0.39 is 0 Å². The molecule has 6 heteroatoms. The smallest absolute Gasteiger partial charge is 0.119 e. The molecule has 0 heterocycles. The van der Waals surface area contributed by atoms with Crippen molar-refractivity contribution in [1.29, 1.82) is 5.26 Å². The van der Waals surface area contributed by atoms with Crippen molar-refractivity contribution in [3.05, 3.63) is 99.0 Å². The van der Waals surface area contributed by atoms with E-state index in [2.05, 4.69) is 16.6 Å². The third kappa shape index (κ3) is 5.50. The molecular weight excluding hydrogens is 393 g/mol. The Kier molecular flexibility index (Phi) is 6.91. The zero-order chi connectivity index (χ0) is 19.8. The average Bonchev–Trinajstić information content (AvgIpc) is 2.72. The van der Waals surface area contributed by atoms with Crippen LogP contribution < -0.4 is 10.2 Å². The van der Waals surface area contributed by atoms with Gasteiger partial charge in [-0.25, -0.2) is 0 Å². The van der Waals surface area contributed by atoms with E-state index in [9.17, 15) is 0 Å². The number of benzene rings is 3. The number of hydrogen-bond donors (Lipinski definition) is 1. The molecule has 4 nitrogen and oxygen atoms in total. The van der Waals surface area contributed by atoms with Crippen LogP contribution in [0.25, 0.3) is 0 Å². The van der Waals surface area contributed by atoms with Crippen LogP contribution in [-0.4, -0.2) is 6.21 Å². The summed E-state index contributed by atoms with van der Waals surface area (Å²) in [5, 5.41) is 14.2. The first-order valence-corrected chi connectivity index (χ1v) is 9.32. The zero-order valence-corrected chi connectivity index (χ0v) is 16.4. The lowest BCUT2D eigenvalue weighted by Gasteiger charge is -2.07. The third-order valence-electron chi connectivity index (χ3n) is 3.99. The summed E-state index contributed by atoms with van der Waals surface area (Å²) in [6, 6.07) is 22.4. The minimum atomic E-state index is 0.444. The van der Waals surface area contributed by atoms with Crippen molar-refractivity contribution in [3.63, 3.8) is 0 Å². The summed E-state index contributed by atoms with van der Waals surface area (Å²) in [7, 11) is 0. The number of nitriles is 1. The summed E-state index contributed by atoms with van der Waals surface area (Å²) in [4.78, 5) is 0. The largest absolute Gasteiger partial charge is 0.489 e. The summed E-state index contributed by atoms with van der Waals surface area (Å²) in [5.74, 6) is 0.761. The second-order valence-electron chi connectivity index (χ2n) is 5.96. The van der Waals surface area contributed by atoms with E-state index in [1.54, 1.807) is 30.5 Å². The molecule has 0 aromatic heterocycles. The van der Waals surface area contributed by atoms with Gasteiger partial charge in [-0.1, -0.05) is 41.4 Å². The van der Waals surface area contributed by atoms with E-state index in [-0.39, 0.29) is 0 Å². The molecule has 0 bridgehead atoms. The molecule has 0 spiro atoms. The van der Waals surface area contributed by atoms with Crippen LogP contribution in [-0.2, 0) is 13.2 Å². The molecule has 1 N–H and O–H groups in total. The summed E-state index contributed by atoms with van der Waals surface area (Å²) >= 11 is 12.3. The lowest BCUT2D eigenvalue weighted by molar-refractivity contribution is 0.306. The van der Waals surface area contributed by atoms with Crippen LogP contribution >= 0.6 is 23.2 Å². The molecule has 3 aromatic carbocycles. The van der Waals surface area contributed by atoms with Gasteiger partial charge in [-0.15, -0.1) is 0 Å². The topological polar surface area (TPSA) is 57.4 Å². The molecule has 0 aliphatic carbocycles. The first kappa shape index (κ1) is 19.8. The molecule has 28 heavy (non-hydrogen) atoms. The molecule has 3 aromatic rings. The van der Waals surface area contributed by atoms with Gasteiger partial charge in [0.05, 0.1) is 24.4 Å². The number of rotatable bonds is 7. The van der Waals surface area contributed by atoms with Crippen molar-refractivity contribution < 1.29 is 4.74 Å². The molecule has 0 unspecified atom stereocenters. The molecule has 140 valence electrons. The Labute approximate surface area is 174 Å². The Bertz CT molecular complexity index is 974. The Morgan fingerprint density at radius 1 is 0.964 bits per heavy atom. The molecule has 0 saturated heterocycles. The number of nitrogens with one attached hydrogen (secondary N) is 1. The SMILES string of the molecule is N#Cc1ccc(COc2ccc(/C=N\NCc3c(Cl)cccc3Cl)cc2)cc1. The van der Waals surface area contributed by atoms with Gasteiger partial charge >= 0.3 is 0 Å². The summed E-state index contributed by atoms with van der Waals surface area (Å²) in [5.41, 5.74) is 6.34. The van der Waals surface area contributed by atoms with Gasteiger partial charge in [0.1, 0.15) is 12.4 Å². The maximum absolute atomic E-state index is 8.81. The van der Waals surface area contributed by atoms with Gasteiger partial charge in [0.25, 0.3) is 0 Å². The highest BCUT2D eigenvalue weighted by Crippen LogP contribution is 2.23. The van der Waals surface area contributed by atoms with Crippen molar-refractivity contribution in [3.8, 4) is 11.8 Å². The highest BCUT2D eigenvalue weighted by atomic mass is 35.5. The standard InChI is InChI=1S/C22H17Cl2N3O/c23-21-2-1-3-22(24)20(21)14-27-26-13-17-8-10-19(11-9-17)28-15-18-6-4-16(12-25)5-7-18/h1-11,13,27H,14-15H2/b26-13-. The number of hydrogen-bond acceptors (Lipinski definition) is 4. The van der Waals surface area contributed by atoms with Crippen LogP contribution in [0.3, 0.4) is 0 Å². The maximum atomic E-state index is 8.81. The normalized spacial score (nSPS) is 10.6. The van der Waals surface area contributed by atoms with Crippen LogP contribution in [0, 0.1) is 11.3 Å². The third-order valence-corrected chi connectivity index (χ3v) is 4.70. The molecule has 0 amide bonds. The fourth-order valence-electron chi connectivity index (χ4n) is 2.44. The zero-order valence-electron chi connectivity index (χ0n) is 14.9. The lowest BCUT2D eigenvalue weighted by Crippen LogP contribution is -2.06. The van der Waals surface area contributed by atoms with Crippen LogP contribution in [0.4, 0.5) is 0 Å². The summed E-state index contributed by atoms with van der Waals surface area (Å²) in [6.07, 6.45) is 1.72. The molecule has 0 saturated carbocycles. The predicted octanol–water partition coefficient (Wildman–Crippen LogP) is 5.57. The monoisotopic (exact) mass is 409 g/mol. The molecule has 0 radical (unpaired) electrons. The average molecular weight is 410 g/mol.